The molecule has 3 rings (SSSR count). The number of hydrogen-bond acceptors (Lipinski definition) is 4. The fourth-order valence-electron chi connectivity index (χ4n) is 2.45. The van der Waals surface area contributed by atoms with Gasteiger partial charge in [0.15, 0.2) is 5.69 Å². The summed E-state index contributed by atoms with van der Waals surface area (Å²) in [6, 6.07) is 12.2. The van der Waals surface area contributed by atoms with Crippen LogP contribution < -0.4 is 10.2 Å². The van der Waals surface area contributed by atoms with E-state index < -0.39 is 5.91 Å². The fourth-order valence-corrected chi connectivity index (χ4v) is 3.27. The Kier molecular flexibility index (Phi) is 7.52. The molecule has 0 unspecified atom stereocenters. The Balaban J connectivity index is 1.62. The topological polar surface area (TPSA) is 68.5 Å². The van der Waals surface area contributed by atoms with Gasteiger partial charge in [0, 0.05) is 26.3 Å². The fraction of sp³-hybridized carbons (Fsp3) is 0.0952. The molecule has 9 heteroatoms. The van der Waals surface area contributed by atoms with E-state index in [2.05, 4.69) is 37.5 Å². The van der Waals surface area contributed by atoms with Gasteiger partial charge in [-0.3, -0.25) is 9.48 Å². The minimum absolute atomic E-state index is 0.166. The van der Waals surface area contributed by atoms with E-state index in [0.29, 0.717) is 27.9 Å². The molecule has 2 aromatic carbocycles. The van der Waals surface area contributed by atoms with Crippen LogP contribution in [0.4, 0.5) is 0 Å². The molecule has 1 aromatic heterocycles. The maximum atomic E-state index is 12.3. The van der Waals surface area contributed by atoms with Crippen molar-refractivity contribution in [3.63, 3.8) is 0 Å². The number of ether oxygens (including phenoxy) is 1. The Morgan fingerprint density at radius 2 is 2.13 bits per heavy atom. The first-order valence-corrected chi connectivity index (χ1v) is 10.2. The molecular weight excluding hydrogens is 491 g/mol. The first kappa shape index (κ1) is 21.9. The zero-order valence-electron chi connectivity index (χ0n) is 15.5. The number of amides is 1. The van der Waals surface area contributed by atoms with Gasteiger partial charge < -0.3 is 4.74 Å². The zero-order chi connectivity index (χ0) is 21.5. The summed E-state index contributed by atoms with van der Waals surface area (Å²) >= 11 is 15.5. The summed E-state index contributed by atoms with van der Waals surface area (Å²) in [4.78, 5) is 12.3. The lowest BCUT2D eigenvalue weighted by molar-refractivity contribution is 0.0949. The van der Waals surface area contributed by atoms with Crippen molar-refractivity contribution in [3.05, 3.63) is 80.0 Å². The Bertz CT molecular complexity index is 1140. The van der Waals surface area contributed by atoms with Crippen LogP contribution in [0, 0.1) is 12.3 Å². The van der Waals surface area contributed by atoms with Crippen LogP contribution in [0.3, 0.4) is 0 Å². The molecule has 0 fully saturated rings. The molecule has 0 saturated heterocycles. The van der Waals surface area contributed by atoms with Gasteiger partial charge in [0.1, 0.15) is 12.4 Å². The molecule has 30 heavy (non-hydrogen) atoms. The maximum Gasteiger partial charge on any atom is 0.291 e. The monoisotopic (exact) mass is 504 g/mol. The lowest BCUT2D eigenvalue weighted by atomic mass is 10.2. The molecule has 0 saturated carbocycles. The molecule has 152 valence electrons. The first-order chi connectivity index (χ1) is 14.5. The van der Waals surface area contributed by atoms with Crippen LogP contribution in [-0.4, -0.2) is 28.5 Å². The van der Waals surface area contributed by atoms with Gasteiger partial charge in [0.2, 0.25) is 0 Å². The minimum Gasteiger partial charge on any atom is -0.481 e. The van der Waals surface area contributed by atoms with E-state index in [1.807, 2.05) is 6.07 Å². The molecule has 3 aromatic rings. The summed E-state index contributed by atoms with van der Waals surface area (Å²) in [6.45, 7) is 0.572. The normalized spacial score (nSPS) is 10.7. The SMILES string of the molecule is C#CCOc1ccc(Br)c(C=NNC(=O)c2ccn(Cc3ccc(Cl)cc3Cl)n2)c1. The predicted octanol–water partition coefficient (Wildman–Crippen LogP) is 4.78. The van der Waals surface area contributed by atoms with E-state index in [1.54, 1.807) is 47.3 Å². The van der Waals surface area contributed by atoms with Crippen molar-refractivity contribution in [1.82, 2.24) is 15.2 Å². The summed E-state index contributed by atoms with van der Waals surface area (Å²) in [5, 5.41) is 9.33. The van der Waals surface area contributed by atoms with Gasteiger partial charge in [0.25, 0.3) is 5.91 Å². The molecule has 6 nitrogen and oxygen atoms in total. The van der Waals surface area contributed by atoms with Crippen molar-refractivity contribution in [2.45, 2.75) is 6.54 Å². The van der Waals surface area contributed by atoms with E-state index in [0.717, 1.165) is 10.0 Å². The summed E-state index contributed by atoms with van der Waals surface area (Å²) in [5.41, 5.74) is 4.23. The summed E-state index contributed by atoms with van der Waals surface area (Å²) in [7, 11) is 0. The molecule has 0 atom stereocenters. The number of carbonyl (C=O) groups is 1. The number of hydrazone groups is 1. The summed E-state index contributed by atoms with van der Waals surface area (Å²) in [6.07, 6.45) is 8.38. The van der Waals surface area contributed by atoms with Gasteiger partial charge in [-0.15, -0.1) is 6.42 Å². The highest BCUT2D eigenvalue weighted by molar-refractivity contribution is 9.10. The number of hydrogen-bond donors (Lipinski definition) is 1. The van der Waals surface area contributed by atoms with E-state index in [9.17, 15) is 4.79 Å². The Labute approximate surface area is 192 Å². The molecule has 0 spiro atoms. The third-order valence-electron chi connectivity index (χ3n) is 3.88. The van der Waals surface area contributed by atoms with Gasteiger partial charge in [0.05, 0.1) is 12.8 Å². The van der Waals surface area contributed by atoms with Crippen LogP contribution in [-0.2, 0) is 6.54 Å². The van der Waals surface area contributed by atoms with E-state index in [4.69, 9.17) is 34.4 Å². The van der Waals surface area contributed by atoms with Gasteiger partial charge in [-0.25, -0.2) is 5.43 Å². The van der Waals surface area contributed by atoms with E-state index >= 15 is 0 Å². The Morgan fingerprint density at radius 1 is 1.30 bits per heavy atom. The smallest absolute Gasteiger partial charge is 0.291 e. The van der Waals surface area contributed by atoms with Crippen molar-refractivity contribution < 1.29 is 9.53 Å². The minimum atomic E-state index is -0.442. The highest BCUT2D eigenvalue weighted by Crippen LogP contribution is 2.22. The van der Waals surface area contributed by atoms with Crippen LogP contribution in [0.2, 0.25) is 10.0 Å². The predicted molar refractivity (Wildman–Crippen MR) is 121 cm³/mol. The second-order valence-electron chi connectivity index (χ2n) is 6.01. The van der Waals surface area contributed by atoms with E-state index in [1.165, 1.54) is 6.21 Å². The number of benzene rings is 2. The van der Waals surface area contributed by atoms with Crippen LogP contribution in [0.15, 0.2) is 58.2 Å². The Morgan fingerprint density at radius 3 is 2.90 bits per heavy atom. The second kappa shape index (κ2) is 10.3. The second-order valence-corrected chi connectivity index (χ2v) is 7.71. The zero-order valence-corrected chi connectivity index (χ0v) is 18.6. The van der Waals surface area contributed by atoms with Crippen LogP contribution in [0.25, 0.3) is 0 Å². The Hall–Kier alpha value is -2.79. The van der Waals surface area contributed by atoms with Crippen molar-refractivity contribution in [1.29, 1.82) is 0 Å². The van der Waals surface area contributed by atoms with Crippen molar-refractivity contribution >= 4 is 51.3 Å². The standard InChI is InChI=1S/C21H15BrCl2N4O2/c1-2-9-30-17-5-6-18(22)15(10-17)12-25-26-21(29)20-7-8-28(27-20)13-14-3-4-16(23)11-19(14)24/h1,3-8,10-12H,9,13H2,(H,26,29). The van der Waals surface area contributed by atoms with Crippen molar-refractivity contribution in [2.24, 2.45) is 5.10 Å². The van der Waals surface area contributed by atoms with Crippen LogP contribution in [0.1, 0.15) is 21.6 Å². The molecule has 0 radical (unpaired) electrons. The first-order valence-electron chi connectivity index (χ1n) is 8.63. The number of rotatable bonds is 7. The quantitative estimate of drug-likeness (QED) is 0.285. The molecule has 1 amide bonds. The summed E-state index contributed by atoms with van der Waals surface area (Å²) in [5.74, 6) is 2.56. The average molecular weight is 506 g/mol. The lowest BCUT2D eigenvalue weighted by Gasteiger charge is -2.05. The number of nitrogens with one attached hydrogen (secondary N) is 1. The van der Waals surface area contributed by atoms with Crippen molar-refractivity contribution in [2.75, 3.05) is 6.61 Å². The molecule has 0 aliphatic carbocycles. The lowest BCUT2D eigenvalue weighted by Crippen LogP contribution is -2.18. The molecule has 1 N–H and O–H groups in total. The van der Waals surface area contributed by atoms with Gasteiger partial charge >= 0.3 is 0 Å². The largest absolute Gasteiger partial charge is 0.481 e. The number of terminal acetylenes is 1. The number of halogens is 3. The van der Waals surface area contributed by atoms with Gasteiger partial charge in [-0.2, -0.15) is 10.2 Å². The molecule has 0 aliphatic heterocycles. The van der Waals surface area contributed by atoms with Crippen molar-refractivity contribution in [3.8, 4) is 18.1 Å². The van der Waals surface area contributed by atoms with E-state index in [-0.39, 0.29) is 12.3 Å². The number of nitrogens with zero attached hydrogens (tertiary/aromatic N) is 3. The highest BCUT2D eigenvalue weighted by Gasteiger charge is 2.10. The average Bonchev–Trinajstić information content (AvgIpc) is 3.19. The molecule has 0 aliphatic rings. The molecule has 0 bridgehead atoms. The van der Waals surface area contributed by atoms with Crippen LogP contribution >= 0.6 is 39.1 Å². The molecular formula is C21H15BrCl2N4O2. The molecule has 1 heterocycles. The number of aromatic nitrogens is 2. The van der Waals surface area contributed by atoms with Gasteiger partial charge in [-0.1, -0.05) is 51.1 Å². The number of carbonyl (C=O) groups excluding carboxylic acids is 1. The third-order valence-corrected chi connectivity index (χ3v) is 5.19. The summed E-state index contributed by atoms with van der Waals surface area (Å²) < 4.78 is 7.78. The van der Waals surface area contributed by atoms with Gasteiger partial charge in [-0.05, 0) is 42.0 Å². The maximum absolute atomic E-state index is 12.3. The highest BCUT2D eigenvalue weighted by atomic mass is 79.9. The third kappa shape index (κ3) is 5.86. The van der Waals surface area contributed by atoms with Crippen LogP contribution in [0.5, 0.6) is 5.75 Å².